The van der Waals surface area contributed by atoms with E-state index >= 15 is 0 Å². The van der Waals surface area contributed by atoms with Crippen LogP contribution in [-0.2, 0) is 14.3 Å². The van der Waals surface area contributed by atoms with Gasteiger partial charge in [-0.3, -0.25) is 9.59 Å². The van der Waals surface area contributed by atoms with E-state index in [-0.39, 0.29) is 23.9 Å². The third kappa shape index (κ3) is 2.91. The average Bonchev–Trinajstić information content (AvgIpc) is 2.53. The van der Waals surface area contributed by atoms with Gasteiger partial charge in [0.2, 0.25) is 0 Å². The van der Waals surface area contributed by atoms with E-state index in [4.69, 9.17) is 4.74 Å². The summed E-state index contributed by atoms with van der Waals surface area (Å²) >= 11 is 0. The van der Waals surface area contributed by atoms with Crippen LogP contribution in [0.3, 0.4) is 0 Å². The minimum atomic E-state index is -0.408. The second kappa shape index (κ2) is 4.22. The largest absolute Gasteiger partial charge is 0.381 e. The Labute approximate surface area is 84.8 Å². The van der Waals surface area contributed by atoms with Gasteiger partial charge >= 0.3 is 0 Å². The fraction of sp³-hybridized carbons (Fsp3) is 0.818. The van der Waals surface area contributed by atoms with Crippen LogP contribution in [0.15, 0.2) is 0 Å². The number of rotatable bonds is 3. The Morgan fingerprint density at radius 1 is 1.36 bits per heavy atom. The molecule has 0 aromatic rings. The van der Waals surface area contributed by atoms with Gasteiger partial charge in [-0.15, -0.1) is 0 Å². The SMILES string of the molecule is CC(C)(C)C(=O)CC(=O)C1CCOC1. The molecule has 1 unspecified atom stereocenters. The van der Waals surface area contributed by atoms with Gasteiger partial charge in [0.05, 0.1) is 13.0 Å². The van der Waals surface area contributed by atoms with Crippen molar-refractivity contribution in [2.45, 2.75) is 33.6 Å². The zero-order chi connectivity index (χ0) is 10.8. The van der Waals surface area contributed by atoms with Gasteiger partial charge in [0.15, 0.2) is 0 Å². The maximum absolute atomic E-state index is 11.6. The summed E-state index contributed by atoms with van der Waals surface area (Å²) in [5.41, 5.74) is -0.408. The van der Waals surface area contributed by atoms with Crippen LogP contribution in [0.25, 0.3) is 0 Å². The highest BCUT2D eigenvalue weighted by molar-refractivity contribution is 6.02. The van der Waals surface area contributed by atoms with Crippen molar-refractivity contribution >= 4 is 11.6 Å². The number of ether oxygens (including phenoxy) is 1. The molecule has 1 aliphatic heterocycles. The normalized spacial score (nSPS) is 22.4. The van der Waals surface area contributed by atoms with Gasteiger partial charge in [-0.2, -0.15) is 0 Å². The summed E-state index contributed by atoms with van der Waals surface area (Å²) in [5, 5.41) is 0. The molecule has 0 radical (unpaired) electrons. The summed E-state index contributed by atoms with van der Waals surface area (Å²) in [4.78, 5) is 23.2. The van der Waals surface area contributed by atoms with Gasteiger partial charge in [0, 0.05) is 17.9 Å². The van der Waals surface area contributed by atoms with Gasteiger partial charge < -0.3 is 4.74 Å². The second-order valence-electron chi connectivity index (χ2n) is 4.88. The van der Waals surface area contributed by atoms with Crippen LogP contribution in [0, 0.1) is 11.3 Å². The van der Waals surface area contributed by atoms with Crippen LogP contribution < -0.4 is 0 Å². The van der Waals surface area contributed by atoms with Crippen LogP contribution in [0.2, 0.25) is 0 Å². The molecule has 1 aliphatic rings. The molecular formula is C11H18O3. The van der Waals surface area contributed by atoms with Crippen molar-refractivity contribution in [2.75, 3.05) is 13.2 Å². The van der Waals surface area contributed by atoms with Crippen molar-refractivity contribution in [3.05, 3.63) is 0 Å². The molecule has 0 aromatic heterocycles. The first-order valence-corrected chi connectivity index (χ1v) is 5.05. The summed E-state index contributed by atoms with van der Waals surface area (Å²) in [6.45, 7) is 6.67. The number of hydrogen-bond acceptors (Lipinski definition) is 3. The van der Waals surface area contributed by atoms with E-state index in [0.29, 0.717) is 13.2 Å². The number of carbonyl (C=O) groups excluding carboxylic acids is 2. The molecule has 0 saturated carbocycles. The van der Waals surface area contributed by atoms with Gasteiger partial charge in [-0.1, -0.05) is 20.8 Å². The third-order valence-corrected chi connectivity index (χ3v) is 2.56. The van der Waals surface area contributed by atoms with E-state index in [0.717, 1.165) is 6.42 Å². The fourth-order valence-corrected chi connectivity index (χ4v) is 1.36. The van der Waals surface area contributed by atoms with Crippen LogP contribution in [-0.4, -0.2) is 24.8 Å². The highest BCUT2D eigenvalue weighted by Crippen LogP contribution is 2.21. The van der Waals surface area contributed by atoms with Crippen molar-refractivity contribution in [1.82, 2.24) is 0 Å². The van der Waals surface area contributed by atoms with E-state index in [1.165, 1.54) is 0 Å². The second-order valence-corrected chi connectivity index (χ2v) is 4.88. The molecule has 1 saturated heterocycles. The number of Topliss-reactive ketones (excluding diaryl/α,β-unsaturated/α-hetero) is 2. The maximum Gasteiger partial charge on any atom is 0.145 e. The van der Waals surface area contributed by atoms with Crippen LogP contribution in [0.4, 0.5) is 0 Å². The lowest BCUT2D eigenvalue weighted by Crippen LogP contribution is -2.26. The Balaban J connectivity index is 2.44. The smallest absolute Gasteiger partial charge is 0.145 e. The molecule has 1 rings (SSSR count). The van der Waals surface area contributed by atoms with Gasteiger partial charge in [-0.05, 0) is 6.42 Å². The summed E-state index contributed by atoms with van der Waals surface area (Å²) in [7, 11) is 0. The molecule has 0 amide bonds. The molecular weight excluding hydrogens is 180 g/mol. The molecule has 0 bridgehead atoms. The Bertz CT molecular complexity index is 231. The summed E-state index contributed by atoms with van der Waals surface area (Å²) in [6, 6.07) is 0. The standard InChI is InChI=1S/C11H18O3/c1-11(2,3)10(13)6-9(12)8-4-5-14-7-8/h8H,4-7H2,1-3H3. The van der Waals surface area contributed by atoms with E-state index in [1.807, 2.05) is 20.8 Å². The molecule has 0 spiro atoms. The van der Waals surface area contributed by atoms with E-state index < -0.39 is 5.41 Å². The Morgan fingerprint density at radius 3 is 2.43 bits per heavy atom. The molecule has 0 aromatic carbocycles. The zero-order valence-electron chi connectivity index (χ0n) is 9.13. The molecule has 0 N–H and O–H groups in total. The molecule has 1 fully saturated rings. The van der Waals surface area contributed by atoms with Gasteiger partial charge in [0.25, 0.3) is 0 Å². The first-order chi connectivity index (χ1) is 6.41. The van der Waals surface area contributed by atoms with Crippen molar-refractivity contribution in [1.29, 1.82) is 0 Å². The summed E-state index contributed by atoms with van der Waals surface area (Å²) in [5.74, 6) is 0.0260. The molecule has 1 heterocycles. The highest BCUT2D eigenvalue weighted by atomic mass is 16.5. The summed E-state index contributed by atoms with van der Waals surface area (Å²) < 4.78 is 5.11. The average molecular weight is 198 g/mol. The number of carbonyl (C=O) groups is 2. The predicted molar refractivity (Wildman–Crippen MR) is 53.0 cm³/mol. The molecule has 3 nitrogen and oxygen atoms in total. The van der Waals surface area contributed by atoms with Crippen LogP contribution in [0.5, 0.6) is 0 Å². The van der Waals surface area contributed by atoms with E-state index in [9.17, 15) is 9.59 Å². The lowest BCUT2D eigenvalue weighted by Gasteiger charge is -2.16. The van der Waals surface area contributed by atoms with E-state index in [1.54, 1.807) is 0 Å². The van der Waals surface area contributed by atoms with Crippen molar-refractivity contribution in [3.8, 4) is 0 Å². The molecule has 3 heteroatoms. The maximum atomic E-state index is 11.6. The number of hydrogen-bond donors (Lipinski definition) is 0. The summed E-state index contributed by atoms with van der Waals surface area (Å²) in [6.07, 6.45) is 0.841. The fourth-order valence-electron chi connectivity index (χ4n) is 1.36. The van der Waals surface area contributed by atoms with Gasteiger partial charge in [-0.25, -0.2) is 0 Å². The highest BCUT2D eigenvalue weighted by Gasteiger charge is 2.29. The Morgan fingerprint density at radius 2 is 2.00 bits per heavy atom. The number of ketones is 2. The molecule has 0 aliphatic carbocycles. The monoisotopic (exact) mass is 198 g/mol. The molecule has 1 atom stereocenters. The quantitative estimate of drug-likeness (QED) is 0.647. The first-order valence-electron chi connectivity index (χ1n) is 5.05. The Kier molecular flexibility index (Phi) is 3.43. The lowest BCUT2D eigenvalue weighted by atomic mass is 9.86. The van der Waals surface area contributed by atoms with Crippen LogP contribution in [0.1, 0.15) is 33.6 Å². The van der Waals surface area contributed by atoms with Gasteiger partial charge in [0.1, 0.15) is 11.6 Å². The zero-order valence-corrected chi connectivity index (χ0v) is 9.13. The van der Waals surface area contributed by atoms with Crippen LogP contribution >= 0.6 is 0 Å². The lowest BCUT2D eigenvalue weighted by molar-refractivity contribution is -0.133. The van der Waals surface area contributed by atoms with E-state index in [2.05, 4.69) is 0 Å². The van der Waals surface area contributed by atoms with Crippen molar-refractivity contribution in [3.63, 3.8) is 0 Å². The Hall–Kier alpha value is -0.700. The van der Waals surface area contributed by atoms with Crippen molar-refractivity contribution in [2.24, 2.45) is 11.3 Å². The predicted octanol–water partition coefficient (Wildman–Crippen LogP) is 1.60. The molecule has 80 valence electrons. The topological polar surface area (TPSA) is 43.4 Å². The third-order valence-electron chi connectivity index (χ3n) is 2.56. The minimum absolute atomic E-state index is 0.0226. The van der Waals surface area contributed by atoms with Crippen molar-refractivity contribution < 1.29 is 14.3 Å². The molecule has 14 heavy (non-hydrogen) atoms. The first kappa shape index (κ1) is 11.4. The minimum Gasteiger partial charge on any atom is -0.381 e.